The highest BCUT2D eigenvalue weighted by atomic mass is 32.1. The number of nitrogens with zero attached hydrogens (tertiary/aromatic N) is 2. The smallest absolute Gasteiger partial charge is 0.271 e. The summed E-state index contributed by atoms with van der Waals surface area (Å²) >= 11 is 1.27. The number of amides is 1. The molecule has 5 nitrogen and oxygen atoms in total. The maximum Gasteiger partial charge on any atom is 0.271 e. The fourth-order valence-electron chi connectivity index (χ4n) is 3.38. The Labute approximate surface area is 183 Å². The summed E-state index contributed by atoms with van der Waals surface area (Å²) in [5.74, 6) is -0.611. The van der Waals surface area contributed by atoms with Crippen molar-refractivity contribution in [3.63, 3.8) is 0 Å². The number of thiophene rings is 1. The first kappa shape index (κ1) is 20.9. The molecule has 0 spiro atoms. The number of hydrogen-bond donors (Lipinski definition) is 1. The summed E-state index contributed by atoms with van der Waals surface area (Å²) in [5, 5.41) is 4.66. The zero-order valence-electron chi connectivity index (χ0n) is 17.1. The van der Waals surface area contributed by atoms with Gasteiger partial charge < -0.3 is 5.32 Å². The van der Waals surface area contributed by atoms with Crippen LogP contribution in [0.1, 0.15) is 25.3 Å². The topological polar surface area (TPSA) is 64.0 Å². The average Bonchev–Trinajstić information content (AvgIpc) is 3.21. The highest BCUT2D eigenvalue weighted by Crippen LogP contribution is 2.30. The van der Waals surface area contributed by atoms with Gasteiger partial charge in [0, 0.05) is 16.6 Å². The summed E-state index contributed by atoms with van der Waals surface area (Å²) in [6.45, 7) is 2.03. The molecule has 158 valence electrons. The van der Waals surface area contributed by atoms with Crippen LogP contribution in [0, 0.1) is 5.82 Å². The Morgan fingerprint density at radius 3 is 2.58 bits per heavy atom. The number of halogens is 1. The minimum absolute atomic E-state index is 0.122. The van der Waals surface area contributed by atoms with E-state index in [1.165, 1.54) is 39.9 Å². The van der Waals surface area contributed by atoms with Crippen molar-refractivity contribution in [1.82, 2.24) is 9.55 Å². The third-order valence-corrected chi connectivity index (χ3v) is 6.03. The second-order valence-electron chi connectivity index (χ2n) is 7.36. The van der Waals surface area contributed by atoms with Crippen LogP contribution in [0.4, 0.5) is 10.1 Å². The highest BCUT2D eigenvalue weighted by Gasteiger charge is 2.14. The van der Waals surface area contributed by atoms with Crippen LogP contribution >= 0.6 is 11.3 Å². The summed E-state index contributed by atoms with van der Waals surface area (Å²) in [7, 11) is 0. The molecule has 0 radical (unpaired) electrons. The maximum absolute atomic E-state index is 13.2. The molecule has 4 aromatic rings. The van der Waals surface area contributed by atoms with E-state index in [4.69, 9.17) is 0 Å². The Balaban J connectivity index is 1.49. The van der Waals surface area contributed by atoms with Gasteiger partial charge in [0.1, 0.15) is 17.1 Å². The lowest BCUT2D eigenvalue weighted by atomic mass is 10.1. The van der Waals surface area contributed by atoms with Gasteiger partial charge in [0.25, 0.3) is 5.56 Å². The minimum atomic E-state index is -0.319. The molecule has 0 unspecified atom stereocenters. The fourth-order valence-corrected chi connectivity index (χ4v) is 4.36. The molecule has 4 rings (SSSR count). The summed E-state index contributed by atoms with van der Waals surface area (Å²) in [6.07, 6.45) is 4.68. The van der Waals surface area contributed by atoms with E-state index in [9.17, 15) is 14.0 Å². The van der Waals surface area contributed by atoms with E-state index in [0.29, 0.717) is 15.9 Å². The van der Waals surface area contributed by atoms with Crippen LogP contribution in [0.5, 0.6) is 0 Å². The Morgan fingerprint density at radius 2 is 1.87 bits per heavy atom. The first-order valence-electron chi connectivity index (χ1n) is 10.2. The summed E-state index contributed by atoms with van der Waals surface area (Å²) in [5.41, 5.74) is 3.78. The number of anilines is 1. The van der Waals surface area contributed by atoms with E-state index in [0.717, 1.165) is 30.4 Å². The van der Waals surface area contributed by atoms with E-state index >= 15 is 0 Å². The van der Waals surface area contributed by atoms with Crippen molar-refractivity contribution in [2.75, 3.05) is 5.32 Å². The van der Waals surface area contributed by atoms with Crippen molar-refractivity contribution in [3.05, 3.63) is 82.0 Å². The van der Waals surface area contributed by atoms with Gasteiger partial charge in [-0.05, 0) is 48.2 Å². The van der Waals surface area contributed by atoms with Gasteiger partial charge in [-0.3, -0.25) is 14.2 Å². The molecular formula is C24H22FN3O2S. The van der Waals surface area contributed by atoms with Crippen molar-refractivity contribution in [2.45, 2.75) is 32.7 Å². The summed E-state index contributed by atoms with van der Waals surface area (Å²) in [6, 6.07) is 13.8. The number of nitrogens with one attached hydrogen (secondary N) is 1. The van der Waals surface area contributed by atoms with Crippen LogP contribution in [0.15, 0.2) is 65.0 Å². The first-order valence-corrected chi connectivity index (χ1v) is 11.0. The van der Waals surface area contributed by atoms with Gasteiger partial charge in [-0.1, -0.05) is 37.6 Å². The molecule has 31 heavy (non-hydrogen) atoms. The van der Waals surface area contributed by atoms with E-state index in [-0.39, 0.29) is 23.8 Å². The molecule has 2 aromatic heterocycles. The Morgan fingerprint density at radius 1 is 1.13 bits per heavy atom. The van der Waals surface area contributed by atoms with Gasteiger partial charge in [0.15, 0.2) is 0 Å². The number of rotatable bonds is 7. The lowest BCUT2D eigenvalue weighted by Gasteiger charge is -2.08. The molecule has 0 aliphatic carbocycles. The molecule has 2 heterocycles. The van der Waals surface area contributed by atoms with Crippen molar-refractivity contribution >= 4 is 33.1 Å². The summed E-state index contributed by atoms with van der Waals surface area (Å²) in [4.78, 5) is 29.7. The Bertz CT molecular complexity index is 1260. The van der Waals surface area contributed by atoms with E-state index in [2.05, 4.69) is 17.2 Å². The molecule has 0 saturated heterocycles. The standard InChI is InChI=1S/C24H22FN3O2S/c1-2-3-4-16-5-11-19(12-6-16)27-21(29)13-28-15-26-22-20(14-31-23(22)24(28)30)17-7-9-18(25)10-8-17/h5-12,14-15H,2-4,13H2,1H3,(H,27,29). The molecule has 2 aromatic carbocycles. The van der Waals surface area contributed by atoms with E-state index < -0.39 is 0 Å². The number of unbranched alkanes of at least 4 members (excludes halogenated alkanes) is 1. The molecule has 7 heteroatoms. The molecule has 1 amide bonds. The molecule has 0 aliphatic heterocycles. The van der Waals surface area contributed by atoms with Gasteiger partial charge >= 0.3 is 0 Å². The predicted molar refractivity (Wildman–Crippen MR) is 123 cm³/mol. The molecule has 0 aliphatic rings. The summed E-state index contributed by atoms with van der Waals surface area (Å²) < 4.78 is 15.0. The van der Waals surface area contributed by atoms with Crippen LogP contribution in [-0.2, 0) is 17.8 Å². The third-order valence-electron chi connectivity index (χ3n) is 5.07. The molecule has 0 saturated carbocycles. The molecule has 0 fully saturated rings. The fraction of sp³-hybridized carbons (Fsp3) is 0.208. The number of benzene rings is 2. The predicted octanol–water partition coefficient (Wildman–Crippen LogP) is 5.25. The van der Waals surface area contributed by atoms with Gasteiger partial charge in [-0.25, -0.2) is 9.37 Å². The number of hydrogen-bond acceptors (Lipinski definition) is 4. The van der Waals surface area contributed by atoms with Gasteiger partial charge in [0.2, 0.25) is 5.91 Å². The monoisotopic (exact) mass is 435 g/mol. The van der Waals surface area contributed by atoms with Crippen LogP contribution in [-0.4, -0.2) is 15.5 Å². The molecular weight excluding hydrogens is 413 g/mol. The third kappa shape index (κ3) is 4.72. The van der Waals surface area contributed by atoms with Gasteiger partial charge in [-0.15, -0.1) is 11.3 Å². The normalized spacial score (nSPS) is 11.0. The second-order valence-corrected chi connectivity index (χ2v) is 8.24. The zero-order chi connectivity index (χ0) is 21.8. The average molecular weight is 436 g/mol. The number of aromatic nitrogens is 2. The van der Waals surface area contributed by atoms with E-state index in [1.807, 2.05) is 29.6 Å². The number of fused-ring (bicyclic) bond motifs is 1. The number of aryl methyl sites for hydroxylation is 1. The first-order chi connectivity index (χ1) is 15.0. The maximum atomic E-state index is 13.2. The lowest BCUT2D eigenvalue weighted by Crippen LogP contribution is -2.27. The largest absolute Gasteiger partial charge is 0.325 e. The second kappa shape index (κ2) is 9.22. The number of carbonyl (C=O) groups excluding carboxylic acids is 1. The van der Waals surface area contributed by atoms with Crippen molar-refractivity contribution < 1.29 is 9.18 Å². The minimum Gasteiger partial charge on any atom is -0.325 e. The van der Waals surface area contributed by atoms with Crippen LogP contribution in [0.25, 0.3) is 21.3 Å². The van der Waals surface area contributed by atoms with Crippen molar-refractivity contribution in [1.29, 1.82) is 0 Å². The Hall–Kier alpha value is -3.32. The van der Waals surface area contributed by atoms with Gasteiger partial charge in [-0.2, -0.15) is 0 Å². The van der Waals surface area contributed by atoms with Crippen LogP contribution in [0.2, 0.25) is 0 Å². The molecule has 0 atom stereocenters. The number of carbonyl (C=O) groups is 1. The molecule has 0 bridgehead atoms. The zero-order valence-corrected chi connectivity index (χ0v) is 17.9. The van der Waals surface area contributed by atoms with Crippen molar-refractivity contribution in [3.8, 4) is 11.1 Å². The van der Waals surface area contributed by atoms with Crippen molar-refractivity contribution in [2.24, 2.45) is 0 Å². The van der Waals surface area contributed by atoms with Crippen LogP contribution < -0.4 is 10.9 Å². The molecule has 1 N–H and O–H groups in total. The lowest BCUT2D eigenvalue weighted by molar-refractivity contribution is -0.116. The highest BCUT2D eigenvalue weighted by molar-refractivity contribution is 7.17. The Kier molecular flexibility index (Phi) is 6.23. The van der Waals surface area contributed by atoms with Gasteiger partial charge in [0.05, 0.1) is 11.8 Å². The SMILES string of the molecule is CCCCc1ccc(NC(=O)Cn2cnc3c(-c4ccc(F)cc4)csc3c2=O)cc1. The van der Waals surface area contributed by atoms with E-state index in [1.54, 1.807) is 12.1 Å². The van der Waals surface area contributed by atoms with Crippen LogP contribution in [0.3, 0.4) is 0 Å². The quantitative estimate of drug-likeness (QED) is 0.431.